The first-order chi connectivity index (χ1) is 7.29. The second-order valence-electron chi connectivity index (χ2n) is 4.67. The molecule has 82 valence electrons. The van der Waals surface area contributed by atoms with Gasteiger partial charge in [0, 0.05) is 0 Å². The van der Waals surface area contributed by atoms with Gasteiger partial charge in [-0.3, -0.25) is 0 Å². The molecule has 0 spiro atoms. The zero-order chi connectivity index (χ0) is 10.7. The van der Waals surface area contributed by atoms with Crippen LogP contribution in [0.3, 0.4) is 0 Å². The zero-order valence-corrected chi connectivity index (χ0v) is 9.84. The maximum atomic E-state index is 3.48. The van der Waals surface area contributed by atoms with Crippen molar-refractivity contribution in [2.24, 2.45) is 0 Å². The van der Waals surface area contributed by atoms with Crippen LogP contribution in [0.15, 0.2) is 18.2 Å². The van der Waals surface area contributed by atoms with Crippen molar-refractivity contribution in [3.63, 3.8) is 0 Å². The molecule has 0 radical (unpaired) electrons. The minimum absolute atomic E-state index is 0.778. The van der Waals surface area contributed by atoms with Crippen LogP contribution in [0.2, 0.25) is 0 Å². The Labute approximate surface area is 92.9 Å². The molecule has 1 heteroatoms. The number of hydrogen-bond acceptors (Lipinski definition) is 1. The van der Waals surface area contributed by atoms with Crippen LogP contribution in [0, 0.1) is 13.8 Å². The third-order valence-electron chi connectivity index (χ3n) is 3.66. The molecule has 1 N–H and O–H groups in total. The van der Waals surface area contributed by atoms with Crippen LogP contribution in [0.5, 0.6) is 0 Å². The summed E-state index contributed by atoms with van der Waals surface area (Å²) in [5.74, 6) is 0.778. The average molecular weight is 203 g/mol. The van der Waals surface area contributed by atoms with E-state index in [1.807, 2.05) is 0 Å². The van der Waals surface area contributed by atoms with Gasteiger partial charge < -0.3 is 5.32 Å². The minimum Gasteiger partial charge on any atom is -0.317 e. The van der Waals surface area contributed by atoms with E-state index in [9.17, 15) is 0 Å². The second-order valence-corrected chi connectivity index (χ2v) is 4.67. The summed E-state index contributed by atoms with van der Waals surface area (Å²) in [6, 6.07) is 6.74. The third kappa shape index (κ3) is 2.40. The van der Waals surface area contributed by atoms with Crippen molar-refractivity contribution in [1.82, 2.24) is 5.32 Å². The molecule has 1 nitrogen and oxygen atoms in total. The fraction of sp³-hybridized carbons (Fsp3) is 0.571. The molecule has 1 saturated heterocycles. The monoisotopic (exact) mass is 203 g/mol. The van der Waals surface area contributed by atoms with Crippen molar-refractivity contribution in [1.29, 1.82) is 0 Å². The molecule has 0 saturated carbocycles. The lowest BCUT2D eigenvalue weighted by molar-refractivity contribution is 0.606. The zero-order valence-electron chi connectivity index (χ0n) is 9.84. The molecule has 2 rings (SSSR count). The van der Waals surface area contributed by atoms with Crippen LogP contribution in [-0.2, 0) is 0 Å². The SMILES string of the molecule is Cc1cccc(C2CCCNCC2)c1C. The highest BCUT2D eigenvalue weighted by Gasteiger charge is 2.16. The molecular formula is C14H21N. The van der Waals surface area contributed by atoms with E-state index in [0.717, 1.165) is 5.92 Å². The van der Waals surface area contributed by atoms with E-state index >= 15 is 0 Å². The second kappa shape index (κ2) is 4.80. The molecule has 1 heterocycles. The molecule has 0 bridgehead atoms. The Morgan fingerprint density at radius 2 is 2.00 bits per heavy atom. The van der Waals surface area contributed by atoms with Gasteiger partial charge in [-0.15, -0.1) is 0 Å². The molecule has 1 aromatic rings. The highest BCUT2D eigenvalue weighted by atomic mass is 14.8. The van der Waals surface area contributed by atoms with Gasteiger partial charge in [-0.2, -0.15) is 0 Å². The number of aryl methyl sites for hydroxylation is 1. The van der Waals surface area contributed by atoms with Gasteiger partial charge in [-0.25, -0.2) is 0 Å². The van der Waals surface area contributed by atoms with Gasteiger partial charge in [-0.05, 0) is 68.8 Å². The van der Waals surface area contributed by atoms with Gasteiger partial charge in [0.15, 0.2) is 0 Å². The van der Waals surface area contributed by atoms with Gasteiger partial charge >= 0.3 is 0 Å². The third-order valence-corrected chi connectivity index (χ3v) is 3.66. The molecule has 1 aliphatic rings. The summed E-state index contributed by atoms with van der Waals surface area (Å²) >= 11 is 0. The summed E-state index contributed by atoms with van der Waals surface area (Å²) in [6.45, 7) is 6.86. The maximum Gasteiger partial charge on any atom is -0.00431 e. The molecular weight excluding hydrogens is 182 g/mol. The lowest BCUT2D eigenvalue weighted by Crippen LogP contribution is -2.14. The summed E-state index contributed by atoms with van der Waals surface area (Å²) < 4.78 is 0. The fourth-order valence-corrected chi connectivity index (χ4v) is 2.55. The first-order valence-electron chi connectivity index (χ1n) is 6.06. The van der Waals surface area contributed by atoms with E-state index in [1.54, 1.807) is 5.56 Å². The van der Waals surface area contributed by atoms with Crippen molar-refractivity contribution < 1.29 is 0 Å². The van der Waals surface area contributed by atoms with E-state index in [4.69, 9.17) is 0 Å². The smallest absolute Gasteiger partial charge is 0.00431 e. The molecule has 1 aliphatic heterocycles. The highest BCUT2D eigenvalue weighted by Crippen LogP contribution is 2.29. The van der Waals surface area contributed by atoms with Crippen molar-refractivity contribution in [3.8, 4) is 0 Å². The summed E-state index contributed by atoms with van der Waals surface area (Å²) in [5, 5.41) is 3.48. The molecule has 15 heavy (non-hydrogen) atoms. The highest BCUT2D eigenvalue weighted by molar-refractivity contribution is 5.35. The summed E-state index contributed by atoms with van der Waals surface area (Å²) in [7, 11) is 0. The molecule has 1 fully saturated rings. The minimum atomic E-state index is 0.778. The van der Waals surface area contributed by atoms with Gasteiger partial charge in [0.05, 0.1) is 0 Å². The average Bonchev–Trinajstić information content (AvgIpc) is 2.50. The summed E-state index contributed by atoms with van der Waals surface area (Å²) in [4.78, 5) is 0. The van der Waals surface area contributed by atoms with E-state index < -0.39 is 0 Å². The van der Waals surface area contributed by atoms with Crippen LogP contribution in [0.4, 0.5) is 0 Å². The van der Waals surface area contributed by atoms with E-state index in [1.165, 1.54) is 43.5 Å². The first-order valence-corrected chi connectivity index (χ1v) is 6.06. The molecule has 1 unspecified atom stereocenters. The Morgan fingerprint density at radius 3 is 2.87 bits per heavy atom. The normalized spacial score (nSPS) is 22.4. The lowest BCUT2D eigenvalue weighted by atomic mass is 9.87. The topological polar surface area (TPSA) is 12.0 Å². The standard InChI is InChI=1S/C14H21N/c1-11-5-3-7-14(12(11)2)13-6-4-9-15-10-8-13/h3,5,7,13,15H,4,6,8-10H2,1-2H3. The number of benzene rings is 1. The Kier molecular flexibility index (Phi) is 3.42. The van der Waals surface area contributed by atoms with Gasteiger partial charge in [0.1, 0.15) is 0 Å². The largest absolute Gasteiger partial charge is 0.317 e. The Bertz CT molecular complexity index is 322. The predicted octanol–water partition coefficient (Wildman–Crippen LogP) is 3.16. The molecule has 0 amide bonds. The Balaban J connectivity index is 2.23. The van der Waals surface area contributed by atoms with Gasteiger partial charge in [0.25, 0.3) is 0 Å². The van der Waals surface area contributed by atoms with Crippen LogP contribution in [0.1, 0.15) is 41.9 Å². The van der Waals surface area contributed by atoms with Crippen molar-refractivity contribution in [2.75, 3.05) is 13.1 Å². The fourth-order valence-electron chi connectivity index (χ4n) is 2.55. The number of rotatable bonds is 1. The van der Waals surface area contributed by atoms with Crippen LogP contribution in [0.25, 0.3) is 0 Å². The van der Waals surface area contributed by atoms with Crippen LogP contribution >= 0.6 is 0 Å². The number of nitrogens with one attached hydrogen (secondary N) is 1. The lowest BCUT2D eigenvalue weighted by Gasteiger charge is -2.18. The quantitative estimate of drug-likeness (QED) is 0.739. The molecule has 1 atom stereocenters. The Morgan fingerprint density at radius 1 is 1.13 bits per heavy atom. The Hall–Kier alpha value is -0.820. The van der Waals surface area contributed by atoms with Crippen molar-refractivity contribution in [2.45, 2.75) is 39.0 Å². The van der Waals surface area contributed by atoms with E-state index in [0.29, 0.717) is 0 Å². The summed E-state index contributed by atoms with van der Waals surface area (Å²) in [5.41, 5.74) is 4.52. The molecule has 0 aliphatic carbocycles. The molecule has 0 aromatic heterocycles. The molecule has 1 aromatic carbocycles. The summed E-state index contributed by atoms with van der Waals surface area (Å²) in [6.07, 6.45) is 3.96. The predicted molar refractivity (Wildman–Crippen MR) is 65.4 cm³/mol. The van der Waals surface area contributed by atoms with Gasteiger partial charge in [-0.1, -0.05) is 18.2 Å². The van der Waals surface area contributed by atoms with E-state index in [2.05, 4.69) is 37.4 Å². The van der Waals surface area contributed by atoms with Crippen LogP contribution in [-0.4, -0.2) is 13.1 Å². The van der Waals surface area contributed by atoms with Crippen molar-refractivity contribution >= 4 is 0 Å². The van der Waals surface area contributed by atoms with Crippen LogP contribution < -0.4 is 5.32 Å². The van der Waals surface area contributed by atoms with Gasteiger partial charge in [0.2, 0.25) is 0 Å². The van der Waals surface area contributed by atoms with E-state index in [-0.39, 0.29) is 0 Å². The van der Waals surface area contributed by atoms with Crippen molar-refractivity contribution in [3.05, 3.63) is 34.9 Å². The number of hydrogen-bond donors (Lipinski definition) is 1. The maximum absolute atomic E-state index is 3.48. The first kappa shape index (κ1) is 10.7.